The maximum atomic E-state index is 13.3. The van der Waals surface area contributed by atoms with Crippen molar-refractivity contribution in [3.05, 3.63) is 95.2 Å². The Balaban J connectivity index is 1.58. The first-order valence-corrected chi connectivity index (χ1v) is 10.5. The Bertz CT molecular complexity index is 1040. The van der Waals surface area contributed by atoms with Crippen molar-refractivity contribution in [2.45, 2.75) is 38.6 Å². The summed E-state index contributed by atoms with van der Waals surface area (Å²) in [5, 5.41) is 5.37. The van der Waals surface area contributed by atoms with Crippen molar-refractivity contribution in [1.29, 1.82) is 0 Å². The summed E-state index contributed by atoms with van der Waals surface area (Å²) in [5.41, 5.74) is 2.37. The van der Waals surface area contributed by atoms with Crippen molar-refractivity contribution in [1.82, 2.24) is 10.3 Å². The molecule has 2 aromatic carbocycles. The van der Waals surface area contributed by atoms with Gasteiger partial charge in [-0.15, -0.1) is 0 Å². The number of pyridine rings is 1. The molecule has 0 radical (unpaired) electrons. The number of nitrogens with zero attached hydrogens (tertiary/aromatic N) is 1. The molecule has 0 saturated heterocycles. The molecule has 0 aliphatic rings. The smallest absolute Gasteiger partial charge is 0.248 e. The highest BCUT2D eigenvalue weighted by Crippen LogP contribution is 2.12. The number of benzene rings is 2. The Morgan fingerprint density at radius 1 is 0.938 bits per heavy atom. The Kier molecular flexibility index (Phi) is 8.02. The fraction of sp³-hybridized carbons (Fsp3) is 0.240. The normalized spacial score (nSPS) is 11.6. The topological polar surface area (TPSA) is 71.1 Å². The number of aromatic nitrogens is 1. The number of amides is 2. The van der Waals surface area contributed by atoms with E-state index < -0.39 is 29.5 Å². The van der Waals surface area contributed by atoms with E-state index in [4.69, 9.17) is 0 Å². The highest BCUT2D eigenvalue weighted by Gasteiger charge is 2.21. The maximum absolute atomic E-state index is 13.3. The van der Waals surface area contributed by atoms with E-state index in [2.05, 4.69) is 15.6 Å². The first kappa shape index (κ1) is 23.1. The summed E-state index contributed by atoms with van der Waals surface area (Å²) in [6.07, 6.45) is 3.29. The first-order chi connectivity index (χ1) is 15.4. The van der Waals surface area contributed by atoms with Gasteiger partial charge in [0.25, 0.3) is 0 Å². The van der Waals surface area contributed by atoms with E-state index in [0.717, 1.165) is 35.7 Å². The zero-order valence-corrected chi connectivity index (χ0v) is 17.8. The summed E-state index contributed by atoms with van der Waals surface area (Å²) in [5.74, 6) is -2.01. The number of hydrogen-bond acceptors (Lipinski definition) is 3. The average Bonchev–Trinajstić information content (AvgIpc) is 2.75. The third-order valence-electron chi connectivity index (χ3n) is 4.84. The number of hydrogen-bond donors (Lipinski definition) is 2. The third kappa shape index (κ3) is 6.97. The van der Waals surface area contributed by atoms with Gasteiger partial charge in [-0.25, -0.2) is 13.8 Å². The lowest BCUT2D eigenvalue weighted by atomic mass is 10.1. The van der Waals surface area contributed by atoms with E-state index in [1.54, 1.807) is 12.3 Å². The molecule has 1 unspecified atom stereocenters. The quantitative estimate of drug-likeness (QED) is 0.521. The maximum Gasteiger partial charge on any atom is 0.248 e. The summed E-state index contributed by atoms with van der Waals surface area (Å²) < 4.78 is 26.7. The van der Waals surface area contributed by atoms with Crippen LogP contribution in [0.25, 0.3) is 0 Å². The molecule has 0 aliphatic carbocycles. The van der Waals surface area contributed by atoms with Crippen molar-refractivity contribution in [3.8, 4) is 0 Å². The van der Waals surface area contributed by atoms with E-state index in [9.17, 15) is 18.4 Å². The average molecular weight is 437 g/mol. The standard InChI is InChI=1S/C25H25F2N3O2/c1-2-6-22(29-24(31)14-19-12-20(26)15-21(27)13-19)25(32)30-23-10-9-18(16-28-23)11-17-7-4-3-5-8-17/h3-5,7-10,12-13,15-16,22H,2,6,11,14H2,1H3,(H,29,31)(H,28,30,32). The van der Waals surface area contributed by atoms with Crippen molar-refractivity contribution >= 4 is 17.6 Å². The second kappa shape index (κ2) is 11.1. The van der Waals surface area contributed by atoms with E-state index in [-0.39, 0.29) is 12.0 Å². The van der Waals surface area contributed by atoms with Crippen molar-refractivity contribution in [3.63, 3.8) is 0 Å². The molecule has 1 heterocycles. The summed E-state index contributed by atoms with van der Waals surface area (Å²) in [4.78, 5) is 29.3. The minimum atomic E-state index is -0.781. The molecule has 1 aromatic heterocycles. The molecule has 0 spiro atoms. The van der Waals surface area contributed by atoms with Gasteiger partial charge < -0.3 is 10.6 Å². The van der Waals surface area contributed by atoms with Crippen molar-refractivity contribution in [2.24, 2.45) is 0 Å². The van der Waals surface area contributed by atoms with Crippen LogP contribution in [0.3, 0.4) is 0 Å². The highest BCUT2D eigenvalue weighted by molar-refractivity contribution is 5.96. The van der Waals surface area contributed by atoms with Crippen LogP contribution in [0.15, 0.2) is 66.9 Å². The van der Waals surface area contributed by atoms with Crippen LogP contribution < -0.4 is 10.6 Å². The second-order valence-electron chi connectivity index (χ2n) is 7.57. The Labute approximate surface area is 185 Å². The van der Waals surface area contributed by atoms with Gasteiger partial charge in [-0.2, -0.15) is 0 Å². The van der Waals surface area contributed by atoms with Crippen LogP contribution in [0.1, 0.15) is 36.5 Å². The fourth-order valence-electron chi connectivity index (χ4n) is 3.35. The fourth-order valence-corrected chi connectivity index (χ4v) is 3.35. The molecule has 7 heteroatoms. The van der Waals surface area contributed by atoms with Crippen LogP contribution in [-0.2, 0) is 22.4 Å². The molecule has 5 nitrogen and oxygen atoms in total. The van der Waals surface area contributed by atoms with Crippen LogP contribution in [0, 0.1) is 11.6 Å². The van der Waals surface area contributed by atoms with Gasteiger partial charge >= 0.3 is 0 Å². The molecular weight excluding hydrogens is 412 g/mol. The number of anilines is 1. The van der Waals surface area contributed by atoms with E-state index in [0.29, 0.717) is 18.7 Å². The second-order valence-corrected chi connectivity index (χ2v) is 7.57. The highest BCUT2D eigenvalue weighted by atomic mass is 19.1. The summed E-state index contributed by atoms with van der Waals surface area (Å²) >= 11 is 0. The summed E-state index contributed by atoms with van der Waals surface area (Å²) in [7, 11) is 0. The van der Waals surface area contributed by atoms with Gasteiger partial charge in [0.2, 0.25) is 11.8 Å². The van der Waals surface area contributed by atoms with Gasteiger partial charge in [-0.3, -0.25) is 9.59 Å². The van der Waals surface area contributed by atoms with Crippen molar-refractivity contribution in [2.75, 3.05) is 5.32 Å². The molecule has 1 atom stereocenters. The summed E-state index contributed by atoms with van der Waals surface area (Å²) in [6, 6.07) is 15.7. The molecule has 0 saturated carbocycles. The molecule has 2 amide bonds. The van der Waals surface area contributed by atoms with Crippen LogP contribution >= 0.6 is 0 Å². The van der Waals surface area contributed by atoms with Crippen LogP contribution in [-0.4, -0.2) is 22.8 Å². The molecular formula is C25H25F2N3O2. The Morgan fingerprint density at radius 2 is 1.66 bits per heavy atom. The number of rotatable bonds is 9. The number of carbonyl (C=O) groups excluding carboxylic acids is 2. The largest absolute Gasteiger partial charge is 0.344 e. The van der Waals surface area contributed by atoms with Gasteiger partial charge in [-0.05, 0) is 47.7 Å². The molecule has 3 aromatic rings. The van der Waals surface area contributed by atoms with E-state index in [1.165, 1.54) is 0 Å². The van der Waals surface area contributed by atoms with Gasteiger partial charge in [0, 0.05) is 12.3 Å². The number of halogens is 2. The lowest BCUT2D eigenvalue weighted by Gasteiger charge is -2.18. The van der Waals surface area contributed by atoms with Gasteiger partial charge in [0.05, 0.1) is 6.42 Å². The number of nitrogens with one attached hydrogen (secondary N) is 2. The van der Waals surface area contributed by atoms with Gasteiger partial charge in [0.1, 0.15) is 23.5 Å². The van der Waals surface area contributed by atoms with Gasteiger partial charge in [-0.1, -0.05) is 49.7 Å². The SMILES string of the molecule is CCCC(NC(=O)Cc1cc(F)cc(F)c1)C(=O)Nc1ccc(Cc2ccccc2)cn1. The molecule has 2 N–H and O–H groups in total. The van der Waals surface area contributed by atoms with E-state index in [1.807, 2.05) is 43.3 Å². The monoisotopic (exact) mass is 437 g/mol. The predicted molar refractivity (Wildman–Crippen MR) is 119 cm³/mol. The Morgan fingerprint density at radius 3 is 2.28 bits per heavy atom. The van der Waals surface area contributed by atoms with Crippen LogP contribution in [0.2, 0.25) is 0 Å². The third-order valence-corrected chi connectivity index (χ3v) is 4.84. The van der Waals surface area contributed by atoms with Crippen molar-refractivity contribution < 1.29 is 18.4 Å². The lowest BCUT2D eigenvalue weighted by molar-refractivity contribution is -0.126. The van der Waals surface area contributed by atoms with Gasteiger partial charge in [0.15, 0.2) is 0 Å². The number of carbonyl (C=O) groups is 2. The molecule has 166 valence electrons. The predicted octanol–water partition coefficient (Wildman–Crippen LogP) is 4.42. The molecule has 0 fully saturated rings. The lowest BCUT2D eigenvalue weighted by Crippen LogP contribution is -2.44. The first-order valence-electron chi connectivity index (χ1n) is 10.5. The summed E-state index contributed by atoms with van der Waals surface area (Å²) in [6.45, 7) is 1.89. The minimum Gasteiger partial charge on any atom is -0.344 e. The molecule has 32 heavy (non-hydrogen) atoms. The van der Waals surface area contributed by atoms with E-state index >= 15 is 0 Å². The zero-order valence-electron chi connectivity index (χ0n) is 17.8. The zero-order chi connectivity index (χ0) is 22.9. The molecule has 3 rings (SSSR count). The van der Waals surface area contributed by atoms with Crippen LogP contribution in [0.4, 0.5) is 14.6 Å². The van der Waals surface area contributed by atoms with Crippen LogP contribution in [0.5, 0.6) is 0 Å². The Hall–Kier alpha value is -3.61. The minimum absolute atomic E-state index is 0.200. The molecule has 0 aliphatic heterocycles. The molecule has 0 bridgehead atoms.